The summed E-state index contributed by atoms with van der Waals surface area (Å²) >= 11 is 0. The Morgan fingerprint density at radius 2 is 1.74 bits per heavy atom. The molecule has 2 heterocycles. The molecule has 0 bridgehead atoms. The standard InChI is InChI=1S/C21H21N3O6S/c1-14(25)15-4-6-16(7-5-15)22-20(26)13-24-18-9-8-17(12-19(18)30-21(24)27)31(28,29)23-10-2-3-11-23/h4-9,12H,2-3,10-11,13H2,1H3,(H,22,26). The van der Waals surface area contributed by atoms with Crippen molar-refractivity contribution in [1.29, 1.82) is 0 Å². The number of hydrogen-bond donors (Lipinski definition) is 1. The molecule has 1 N–H and O–H groups in total. The third kappa shape index (κ3) is 4.17. The number of rotatable bonds is 6. The van der Waals surface area contributed by atoms with Crippen molar-refractivity contribution in [1.82, 2.24) is 8.87 Å². The van der Waals surface area contributed by atoms with Crippen molar-refractivity contribution in [2.45, 2.75) is 31.2 Å². The summed E-state index contributed by atoms with van der Waals surface area (Å²) in [5.74, 6) is -1.30. The number of Topliss-reactive ketones (excluding diaryl/α,β-unsaturated/α-hetero) is 1. The van der Waals surface area contributed by atoms with Crippen LogP contribution in [0.2, 0.25) is 0 Å². The lowest BCUT2D eigenvalue weighted by atomic mass is 10.1. The van der Waals surface area contributed by atoms with Crippen LogP contribution in [-0.2, 0) is 21.4 Å². The lowest BCUT2D eigenvalue weighted by Gasteiger charge is -2.15. The van der Waals surface area contributed by atoms with E-state index in [1.54, 1.807) is 24.3 Å². The highest BCUT2D eigenvalue weighted by atomic mass is 32.2. The topological polar surface area (TPSA) is 119 Å². The maximum Gasteiger partial charge on any atom is 0.420 e. The summed E-state index contributed by atoms with van der Waals surface area (Å²) in [7, 11) is -3.65. The zero-order valence-corrected chi connectivity index (χ0v) is 17.6. The van der Waals surface area contributed by atoms with Gasteiger partial charge in [-0.3, -0.25) is 14.2 Å². The molecule has 0 atom stereocenters. The van der Waals surface area contributed by atoms with E-state index < -0.39 is 21.7 Å². The second kappa shape index (κ2) is 8.12. The van der Waals surface area contributed by atoms with E-state index in [0.29, 0.717) is 29.9 Å². The van der Waals surface area contributed by atoms with Gasteiger partial charge in [0.1, 0.15) is 6.54 Å². The van der Waals surface area contributed by atoms with Gasteiger partial charge in [0.25, 0.3) is 0 Å². The van der Waals surface area contributed by atoms with E-state index in [1.165, 1.54) is 29.4 Å². The van der Waals surface area contributed by atoms with E-state index in [1.807, 2.05) is 0 Å². The SMILES string of the molecule is CC(=O)c1ccc(NC(=O)Cn2c(=O)oc3cc(S(=O)(=O)N4CCCC4)ccc32)cc1. The van der Waals surface area contributed by atoms with Gasteiger partial charge in [-0.25, -0.2) is 13.2 Å². The Labute approximate surface area is 178 Å². The van der Waals surface area contributed by atoms with Crippen LogP contribution in [0.25, 0.3) is 11.1 Å². The van der Waals surface area contributed by atoms with E-state index >= 15 is 0 Å². The van der Waals surface area contributed by atoms with Crippen LogP contribution in [0.5, 0.6) is 0 Å². The van der Waals surface area contributed by atoms with Crippen molar-refractivity contribution in [2.75, 3.05) is 18.4 Å². The molecule has 1 amide bonds. The molecule has 31 heavy (non-hydrogen) atoms. The molecule has 3 aromatic rings. The van der Waals surface area contributed by atoms with Crippen LogP contribution in [0.3, 0.4) is 0 Å². The largest absolute Gasteiger partial charge is 0.420 e. The van der Waals surface area contributed by atoms with E-state index in [0.717, 1.165) is 17.4 Å². The number of ketones is 1. The highest BCUT2D eigenvalue weighted by molar-refractivity contribution is 7.89. The second-order valence-corrected chi connectivity index (χ2v) is 9.31. The van der Waals surface area contributed by atoms with Crippen molar-refractivity contribution in [3.8, 4) is 0 Å². The number of fused-ring (bicyclic) bond motifs is 1. The number of anilines is 1. The van der Waals surface area contributed by atoms with Crippen molar-refractivity contribution in [3.05, 3.63) is 58.6 Å². The summed E-state index contributed by atoms with van der Waals surface area (Å²) in [5, 5.41) is 2.66. The molecule has 4 rings (SSSR count). The summed E-state index contributed by atoms with van der Waals surface area (Å²) in [6, 6.07) is 10.6. The molecule has 10 heteroatoms. The lowest BCUT2D eigenvalue weighted by Crippen LogP contribution is -2.27. The minimum absolute atomic E-state index is 0.0535. The van der Waals surface area contributed by atoms with Crippen molar-refractivity contribution < 1.29 is 22.4 Å². The molecule has 1 aromatic heterocycles. The van der Waals surface area contributed by atoms with Crippen LogP contribution in [0.1, 0.15) is 30.1 Å². The molecule has 1 saturated heterocycles. The van der Waals surface area contributed by atoms with Crippen LogP contribution in [0, 0.1) is 0 Å². The van der Waals surface area contributed by atoms with Gasteiger partial charge in [-0.1, -0.05) is 0 Å². The smallest absolute Gasteiger partial charge is 0.408 e. The molecule has 0 saturated carbocycles. The summed E-state index contributed by atoms with van der Waals surface area (Å²) in [6.45, 7) is 2.09. The first-order valence-electron chi connectivity index (χ1n) is 9.80. The fourth-order valence-electron chi connectivity index (χ4n) is 3.57. The number of oxazole rings is 1. The number of carbonyl (C=O) groups is 2. The monoisotopic (exact) mass is 443 g/mol. The maximum absolute atomic E-state index is 12.7. The summed E-state index contributed by atoms with van der Waals surface area (Å²) in [4.78, 5) is 36.1. The molecular formula is C21H21N3O6S. The van der Waals surface area contributed by atoms with Gasteiger partial charge in [-0.05, 0) is 56.2 Å². The van der Waals surface area contributed by atoms with Gasteiger partial charge in [0.15, 0.2) is 11.4 Å². The van der Waals surface area contributed by atoms with Gasteiger partial charge >= 0.3 is 5.76 Å². The van der Waals surface area contributed by atoms with Crippen LogP contribution < -0.4 is 11.1 Å². The summed E-state index contributed by atoms with van der Waals surface area (Å²) in [5.41, 5.74) is 1.43. The third-order valence-corrected chi connectivity index (χ3v) is 7.11. The van der Waals surface area contributed by atoms with Crippen molar-refractivity contribution in [3.63, 3.8) is 0 Å². The van der Waals surface area contributed by atoms with Crippen LogP contribution in [0.15, 0.2) is 56.6 Å². The van der Waals surface area contributed by atoms with E-state index in [-0.39, 0.29) is 22.8 Å². The zero-order valence-electron chi connectivity index (χ0n) is 16.8. The minimum atomic E-state index is -3.65. The summed E-state index contributed by atoms with van der Waals surface area (Å²) in [6.07, 6.45) is 1.64. The second-order valence-electron chi connectivity index (χ2n) is 7.38. The van der Waals surface area contributed by atoms with E-state index in [9.17, 15) is 22.8 Å². The maximum atomic E-state index is 12.7. The first kappa shape index (κ1) is 21.0. The first-order valence-corrected chi connectivity index (χ1v) is 11.2. The number of benzene rings is 2. The highest BCUT2D eigenvalue weighted by Crippen LogP contribution is 2.24. The highest BCUT2D eigenvalue weighted by Gasteiger charge is 2.28. The van der Waals surface area contributed by atoms with Gasteiger partial charge in [-0.2, -0.15) is 4.31 Å². The summed E-state index contributed by atoms with van der Waals surface area (Å²) < 4.78 is 33.2. The molecule has 2 aromatic carbocycles. The molecule has 0 radical (unpaired) electrons. The number of amides is 1. The number of sulfonamides is 1. The number of aromatic nitrogens is 1. The molecule has 162 valence electrons. The molecule has 0 spiro atoms. The number of carbonyl (C=O) groups excluding carboxylic acids is 2. The van der Waals surface area contributed by atoms with Crippen LogP contribution in [-0.4, -0.2) is 42.1 Å². The molecule has 1 fully saturated rings. The van der Waals surface area contributed by atoms with Crippen LogP contribution >= 0.6 is 0 Å². The number of nitrogens with zero attached hydrogens (tertiary/aromatic N) is 2. The quantitative estimate of drug-likeness (QED) is 0.584. The molecular weight excluding hydrogens is 422 g/mol. The van der Waals surface area contributed by atoms with Gasteiger partial charge in [0, 0.05) is 30.4 Å². The molecule has 0 aliphatic carbocycles. The van der Waals surface area contributed by atoms with Crippen LogP contribution in [0.4, 0.5) is 5.69 Å². The molecule has 1 aliphatic rings. The van der Waals surface area contributed by atoms with Crippen molar-refractivity contribution in [2.24, 2.45) is 0 Å². The Kier molecular flexibility index (Phi) is 5.50. The predicted octanol–water partition coefficient (Wildman–Crippen LogP) is 2.22. The normalized spacial score (nSPS) is 14.7. The van der Waals surface area contributed by atoms with E-state index in [4.69, 9.17) is 4.42 Å². The molecule has 0 unspecified atom stereocenters. The van der Waals surface area contributed by atoms with Gasteiger partial charge < -0.3 is 9.73 Å². The number of hydrogen-bond acceptors (Lipinski definition) is 6. The Morgan fingerprint density at radius 3 is 2.39 bits per heavy atom. The third-order valence-electron chi connectivity index (χ3n) is 5.22. The van der Waals surface area contributed by atoms with Gasteiger partial charge in [-0.15, -0.1) is 0 Å². The van der Waals surface area contributed by atoms with Crippen molar-refractivity contribution >= 4 is 38.5 Å². The van der Waals surface area contributed by atoms with Gasteiger partial charge in [0.2, 0.25) is 15.9 Å². The Hall–Kier alpha value is -3.24. The van der Waals surface area contributed by atoms with Gasteiger partial charge in [0.05, 0.1) is 10.4 Å². The fourth-order valence-corrected chi connectivity index (χ4v) is 5.10. The predicted molar refractivity (Wildman–Crippen MR) is 114 cm³/mol. The average molecular weight is 443 g/mol. The Morgan fingerprint density at radius 1 is 1.06 bits per heavy atom. The lowest BCUT2D eigenvalue weighted by molar-refractivity contribution is -0.116. The Bertz CT molecular complexity index is 1320. The minimum Gasteiger partial charge on any atom is -0.408 e. The van der Waals surface area contributed by atoms with E-state index in [2.05, 4.69) is 5.32 Å². The Balaban J connectivity index is 1.55. The number of nitrogens with one attached hydrogen (secondary N) is 1. The first-order chi connectivity index (χ1) is 14.8. The molecule has 9 nitrogen and oxygen atoms in total. The zero-order chi connectivity index (χ0) is 22.2. The molecule has 1 aliphatic heterocycles. The average Bonchev–Trinajstić information content (AvgIpc) is 3.37. The fraction of sp³-hybridized carbons (Fsp3) is 0.286.